The van der Waals surface area contributed by atoms with Crippen molar-refractivity contribution in [1.29, 1.82) is 0 Å². The Labute approximate surface area is 224 Å². The van der Waals surface area contributed by atoms with Crippen molar-refractivity contribution < 1.29 is 44.8 Å². The first-order chi connectivity index (χ1) is 18.4. The highest BCUT2D eigenvalue weighted by molar-refractivity contribution is 7.88. The predicted molar refractivity (Wildman–Crippen MR) is 136 cm³/mol. The molecule has 0 unspecified atom stereocenters. The van der Waals surface area contributed by atoms with Crippen LogP contribution in [-0.2, 0) is 21.4 Å². The van der Waals surface area contributed by atoms with E-state index in [2.05, 4.69) is 9.50 Å². The van der Waals surface area contributed by atoms with Crippen molar-refractivity contribution >= 4 is 55.3 Å². The second-order valence-corrected chi connectivity index (χ2v) is 10.4. The van der Waals surface area contributed by atoms with Crippen LogP contribution in [0.1, 0.15) is 20.7 Å². The van der Waals surface area contributed by atoms with Gasteiger partial charge in [-0.3, -0.25) is 14.9 Å². The number of ether oxygens (including phenoxy) is 2. The topological polar surface area (TPSA) is 113 Å². The van der Waals surface area contributed by atoms with E-state index in [-0.39, 0.29) is 35.5 Å². The Morgan fingerprint density at radius 1 is 0.949 bits per heavy atom. The van der Waals surface area contributed by atoms with Gasteiger partial charge in [0.1, 0.15) is 0 Å². The molecule has 0 fully saturated rings. The summed E-state index contributed by atoms with van der Waals surface area (Å²) in [6, 6.07) is 10.7. The lowest BCUT2D eigenvalue weighted by atomic mass is 9.93. The first kappa shape index (κ1) is 26.8. The third-order valence-corrected chi connectivity index (χ3v) is 7.58. The summed E-state index contributed by atoms with van der Waals surface area (Å²) in [6.45, 7) is 0.288. The molecule has 0 bridgehead atoms. The number of nitrogens with one attached hydrogen (secondary N) is 1. The summed E-state index contributed by atoms with van der Waals surface area (Å²) in [5.41, 5.74) is -4.12. The molecular formula is C25H18ClF3N2O7S. The molecule has 9 nitrogen and oxygen atoms in total. The summed E-state index contributed by atoms with van der Waals surface area (Å²) in [5.74, 6) is -2.38. The minimum Gasteiger partial charge on any atom is -0.493 e. The van der Waals surface area contributed by atoms with Crippen LogP contribution in [0.3, 0.4) is 0 Å². The Kier molecular flexibility index (Phi) is 6.48. The van der Waals surface area contributed by atoms with Crippen LogP contribution in [0.2, 0.25) is 5.02 Å². The lowest BCUT2D eigenvalue weighted by Crippen LogP contribution is -2.28. The van der Waals surface area contributed by atoms with Crippen LogP contribution < -0.4 is 14.2 Å². The van der Waals surface area contributed by atoms with Gasteiger partial charge in [-0.25, -0.2) is 0 Å². The highest BCUT2D eigenvalue weighted by Gasteiger charge is 2.49. The van der Waals surface area contributed by atoms with E-state index in [1.54, 1.807) is 34.9 Å². The number of carbonyl (C=O) groups excluding carboxylic acids is 2. The maximum atomic E-state index is 13.1. The number of imide groups is 1. The minimum atomic E-state index is -6.02. The van der Waals surface area contributed by atoms with E-state index in [0.29, 0.717) is 32.4 Å². The molecule has 39 heavy (non-hydrogen) atoms. The van der Waals surface area contributed by atoms with Crippen LogP contribution in [0, 0.1) is 0 Å². The number of methoxy groups -OCH3 is 2. The smallest absolute Gasteiger partial charge is 0.493 e. The standard InChI is InChI=1S/C25H18ClF3N2O7S/c1-36-8-7-31-16-11-19(38-39(34,35)25(27,28)29)18(37-2)10-14(16)20-17(31)9-13(12-5-3-4-6-15(12)26)21-22(20)24(33)30-23(21)32/h3-6,9-11H,7-8H2,1-2H3,(H,30,32,33). The van der Waals surface area contributed by atoms with E-state index in [1.807, 2.05) is 0 Å². The number of halogens is 4. The fourth-order valence-electron chi connectivity index (χ4n) is 4.65. The van der Waals surface area contributed by atoms with Gasteiger partial charge >= 0.3 is 15.6 Å². The van der Waals surface area contributed by atoms with Crippen molar-refractivity contribution in [3.8, 4) is 22.6 Å². The first-order valence-corrected chi connectivity index (χ1v) is 13.0. The molecule has 1 N–H and O–H groups in total. The first-order valence-electron chi connectivity index (χ1n) is 11.2. The number of benzene rings is 3. The summed E-state index contributed by atoms with van der Waals surface area (Å²) in [4.78, 5) is 26.0. The van der Waals surface area contributed by atoms with Crippen molar-refractivity contribution in [2.75, 3.05) is 20.8 Å². The number of amides is 2. The van der Waals surface area contributed by atoms with Gasteiger partial charge in [-0.15, -0.1) is 0 Å². The van der Waals surface area contributed by atoms with Gasteiger partial charge < -0.3 is 18.2 Å². The summed E-state index contributed by atoms with van der Waals surface area (Å²) >= 11 is 6.43. The monoisotopic (exact) mass is 582 g/mol. The minimum absolute atomic E-state index is 0.0345. The van der Waals surface area contributed by atoms with E-state index >= 15 is 0 Å². The van der Waals surface area contributed by atoms with Crippen molar-refractivity contribution in [1.82, 2.24) is 9.88 Å². The van der Waals surface area contributed by atoms with Gasteiger partial charge in [0.2, 0.25) is 0 Å². The van der Waals surface area contributed by atoms with Crippen LogP contribution in [-0.4, -0.2) is 51.1 Å². The second-order valence-electron chi connectivity index (χ2n) is 8.48. The van der Waals surface area contributed by atoms with Crippen LogP contribution in [0.15, 0.2) is 42.5 Å². The molecule has 0 saturated carbocycles. The normalized spacial score (nSPS) is 13.7. The van der Waals surface area contributed by atoms with Crippen molar-refractivity contribution in [2.24, 2.45) is 0 Å². The average Bonchev–Trinajstić information content (AvgIpc) is 3.33. The zero-order valence-corrected chi connectivity index (χ0v) is 21.8. The Hall–Kier alpha value is -3.81. The quantitative estimate of drug-likeness (QED) is 0.188. The van der Waals surface area contributed by atoms with E-state index in [9.17, 15) is 31.2 Å². The molecule has 0 saturated heterocycles. The van der Waals surface area contributed by atoms with Gasteiger partial charge in [-0.1, -0.05) is 29.8 Å². The fraction of sp³-hybridized carbons (Fsp3) is 0.200. The van der Waals surface area contributed by atoms with Crippen molar-refractivity contribution in [3.63, 3.8) is 0 Å². The molecular weight excluding hydrogens is 565 g/mol. The van der Waals surface area contributed by atoms with Gasteiger partial charge in [-0.2, -0.15) is 21.6 Å². The molecule has 0 spiro atoms. The molecule has 1 aliphatic rings. The number of hydrogen-bond acceptors (Lipinski definition) is 7. The molecule has 5 rings (SSSR count). The Morgan fingerprint density at radius 3 is 2.28 bits per heavy atom. The molecule has 0 atom stereocenters. The number of carbonyl (C=O) groups is 2. The molecule has 0 radical (unpaired) electrons. The average molecular weight is 583 g/mol. The molecule has 2 heterocycles. The molecule has 4 aromatic rings. The SMILES string of the molecule is COCCn1c2cc(OS(=O)(=O)C(F)(F)F)c(OC)cc2c2c3c(c(-c4ccccc4Cl)cc21)C(=O)NC3=O. The van der Waals surface area contributed by atoms with E-state index in [4.69, 9.17) is 21.1 Å². The number of fused-ring (bicyclic) bond motifs is 5. The zero-order chi connectivity index (χ0) is 28.3. The highest BCUT2D eigenvalue weighted by atomic mass is 35.5. The largest absolute Gasteiger partial charge is 0.534 e. The zero-order valence-electron chi connectivity index (χ0n) is 20.2. The highest BCUT2D eigenvalue weighted by Crippen LogP contribution is 2.45. The van der Waals surface area contributed by atoms with E-state index in [1.165, 1.54) is 13.2 Å². The van der Waals surface area contributed by atoms with Crippen molar-refractivity contribution in [2.45, 2.75) is 12.1 Å². The predicted octanol–water partition coefficient (Wildman–Crippen LogP) is 4.88. The number of hydrogen-bond donors (Lipinski definition) is 1. The van der Waals surface area contributed by atoms with E-state index in [0.717, 1.165) is 13.2 Å². The number of nitrogens with zero attached hydrogens (tertiary/aromatic N) is 1. The van der Waals surface area contributed by atoms with Crippen LogP contribution >= 0.6 is 11.6 Å². The number of rotatable bonds is 7. The molecule has 0 aliphatic carbocycles. The van der Waals surface area contributed by atoms with E-state index < -0.39 is 33.2 Å². The summed E-state index contributed by atoms with van der Waals surface area (Å²) in [5, 5.41) is 3.22. The van der Waals surface area contributed by atoms with Gasteiger partial charge in [0.25, 0.3) is 11.8 Å². The maximum absolute atomic E-state index is 13.1. The molecule has 3 aromatic carbocycles. The molecule has 2 amide bonds. The molecule has 1 aliphatic heterocycles. The summed E-state index contributed by atoms with van der Waals surface area (Å²) < 4.78 is 79.2. The van der Waals surface area contributed by atoms with Crippen molar-refractivity contribution in [3.05, 3.63) is 58.6 Å². The number of aromatic nitrogens is 1. The summed E-state index contributed by atoms with van der Waals surface area (Å²) in [7, 11) is -3.46. The maximum Gasteiger partial charge on any atom is 0.534 e. The second kappa shape index (κ2) is 9.43. The molecule has 204 valence electrons. The summed E-state index contributed by atoms with van der Waals surface area (Å²) in [6.07, 6.45) is 0. The fourth-order valence-corrected chi connectivity index (χ4v) is 5.35. The third kappa shape index (κ3) is 4.26. The lowest BCUT2D eigenvalue weighted by molar-refractivity contribution is -0.0500. The molecule has 14 heteroatoms. The Bertz CT molecular complexity index is 1800. The van der Waals surface area contributed by atoms with Crippen LogP contribution in [0.4, 0.5) is 13.2 Å². The van der Waals surface area contributed by atoms with Gasteiger partial charge in [0, 0.05) is 41.1 Å². The lowest BCUT2D eigenvalue weighted by Gasteiger charge is -2.13. The Balaban J connectivity index is 1.91. The van der Waals surface area contributed by atoms with Crippen LogP contribution in [0.5, 0.6) is 11.5 Å². The van der Waals surface area contributed by atoms with Gasteiger partial charge in [-0.05, 0) is 23.8 Å². The molecule has 1 aromatic heterocycles. The van der Waals surface area contributed by atoms with Crippen LogP contribution in [0.25, 0.3) is 32.9 Å². The Morgan fingerprint density at radius 2 is 1.64 bits per heavy atom. The number of alkyl halides is 3. The third-order valence-electron chi connectivity index (χ3n) is 6.29. The van der Waals surface area contributed by atoms with Gasteiger partial charge in [0.15, 0.2) is 11.5 Å². The van der Waals surface area contributed by atoms with Gasteiger partial charge in [0.05, 0.1) is 35.9 Å².